The van der Waals surface area contributed by atoms with Gasteiger partial charge in [0.25, 0.3) is 0 Å². The van der Waals surface area contributed by atoms with Crippen LogP contribution in [0.4, 0.5) is 0 Å². The molecule has 0 bridgehead atoms. The minimum atomic E-state index is -1.33. The standard InChI is InChI=1S/C20H21N3O3S.2ClH/c1-3-26-19(24)15-16(12-7-6-10-21-11-12)27-17(20(15,2)25)18-22-13-8-4-5-9-14(13)23-18;;/h4-11,15-17,25H,3H2,1-2H3,(H,22,23);2*1H. The smallest absolute Gasteiger partial charge is 0.313 e. The van der Waals surface area contributed by atoms with Gasteiger partial charge in [-0.1, -0.05) is 18.2 Å². The van der Waals surface area contributed by atoms with E-state index >= 15 is 0 Å². The summed E-state index contributed by atoms with van der Waals surface area (Å²) in [5.41, 5.74) is 1.30. The van der Waals surface area contributed by atoms with Crippen molar-refractivity contribution in [2.75, 3.05) is 6.61 Å². The van der Waals surface area contributed by atoms with Gasteiger partial charge >= 0.3 is 5.97 Å². The highest BCUT2D eigenvalue weighted by molar-refractivity contribution is 8.00. The Hall–Kier alpha value is -1.80. The maximum atomic E-state index is 12.7. The summed E-state index contributed by atoms with van der Waals surface area (Å²) in [6, 6.07) is 11.5. The molecule has 156 valence electrons. The molecule has 6 nitrogen and oxygen atoms in total. The maximum Gasteiger partial charge on any atom is 0.313 e. The number of pyridine rings is 1. The van der Waals surface area contributed by atoms with Crippen molar-refractivity contribution in [3.05, 3.63) is 60.2 Å². The van der Waals surface area contributed by atoms with Crippen molar-refractivity contribution in [3.63, 3.8) is 0 Å². The summed E-state index contributed by atoms with van der Waals surface area (Å²) in [6.07, 6.45) is 3.43. The minimum absolute atomic E-state index is 0. The van der Waals surface area contributed by atoms with Gasteiger partial charge in [-0.3, -0.25) is 9.78 Å². The number of aliphatic hydroxyl groups is 1. The molecular weight excluding hydrogens is 433 g/mol. The number of thioether (sulfide) groups is 1. The zero-order valence-corrected chi connectivity index (χ0v) is 18.4. The van der Waals surface area contributed by atoms with Crippen molar-refractivity contribution in [1.82, 2.24) is 15.0 Å². The Labute approximate surface area is 185 Å². The lowest BCUT2D eigenvalue weighted by Crippen LogP contribution is -2.41. The van der Waals surface area contributed by atoms with Crippen LogP contribution >= 0.6 is 36.6 Å². The number of nitrogens with one attached hydrogen (secondary N) is 1. The van der Waals surface area contributed by atoms with Crippen LogP contribution in [0, 0.1) is 5.92 Å². The average Bonchev–Trinajstić information content (AvgIpc) is 3.20. The first-order valence-electron chi connectivity index (χ1n) is 8.91. The number of halogens is 2. The molecule has 3 aromatic rings. The molecule has 0 aliphatic carbocycles. The summed E-state index contributed by atoms with van der Waals surface area (Å²) in [6.45, 7) is 3.73. The number of carbonyl (C=O) groups is 1. The van der Waals surface area contributed by atoms with E-state index in [1.165, 1.54) is 11.8 Å². The van der Waals surface area contributed by atoms with E-state index in [9.17, 15) is 9.90 Å². The zero-order chi connectivity index (χ0) is 19.0. The van der Waals surface area contributed by atoms with Crippen LogP contribution in [0.3, 0.4) is 0 Å². The Balaban J connectivity index is 0.00000150. The van der Waals surface area contributed by atoms with Crippen LogP contribution < -0.4 is 0 Å². The van der Waals surface area contributed by atoms with E-state index in [-0.39, 0.29) is 36.7 Å². The van der Waals surface area contributed by atoms with Gasteiger partial charge in [-0.05, 0) is 37.6 Å². The lowest BCUT2D eigenvalue weighted by molar-refractivity contribution is -0.156. The van der Waals surface area contributed by atoms with Gasteiger partial charge in [0.05, 0.1) is 28.5 Å². The molecule has 1 fully saturated rings. The number of carbonyl (C=O) groups excluding carboxylic acids is 1. The highest BCUT2D eigenvalue weighted by Gasteiger charge is 2.58. The van der Waals surface area contributed by atoms with Gasteiger partial charge < -0.3 is 14.8 Å². The number of esters is 1. The SMILES string of the molecule is CCOC(=O)C1C(c2cccnc2)SC(c2nc3ccccc3[nH]2)C1(C)O.Cl.Cl. The summed E-state index contributed by atoms with van der Waals surface area (Å²) < 4.78 is 5.29. The monoisotopic (exact) mass is 455 g/mol. The van der Waals surface area contributed by atoms with Gasteiger partial charge in [0.2, 0.25) is 0 Å². The summed E-state index contributed by atoms with van der Waals surface area (Å²) in [5, 5.41) is 10.7. The molecule has 0 radical (unpaired) electrons. The second-order valence-corrected chi connectivity index (χ2v) is 8.07. The van der Waals surface area contributed by atoms with Crippen LogP contribution in [-0.2, 0) is 9.53 Å². The maximum absolute atomic E-state index is 12.7. The molecule has 4 rings (SSSR count). The molecule has 1 aliphatic rings. The third-order valence-electron chi connectivity index (χ3n) is 4.96. The molecule has 0 saturated carbocycles. The lowest BCUT2D eigenvalue weighted by atomic mass is 9.82. The van der Waals surface area contributed by atoms with Crippen molar-refractivity contribution in [3.8, 4) is 0 Å². The first-order chi connectivity index (χ1) is 13.0. The van der Waals surface area contributed by atoms with E-state index in [0.29, 0.717) is 5.82 Å². The number of para-hydroxylation sites is 2. The molecule has 4 atom stereocenters. The van der Waals surface area contributed by atoms with Crippen LogP contribution in [0.2, 0.25) is 0 Å². The van der Waals surface area contributed by atoms with E-state index in [1.807, 2.05) is 36.4 Å². The Morgan fingerprint density at radius 1 is 1.28 bits per heavy atom. The summed E-state index contributed by atoms with van der Waals surface area (Å²) in [5.74, 6) is -0.459. The normalized spacial score (nSPS) is 25.8. The van der Waals surface area contributed by atoms with Gasteiger partial charge in [0.1, 0.15) is 11.7 Å². The van der Waals surface area contributed by atoms with E-state index in [0.717, 1.165) is 16.6 Å². The molecular formula is C20H23Cl2N3O3S. The number of H-pyrrole nitrogens is 1. The summed E-state index contributed by atoms with van der Waals surface area (Å²) in [7, 11) is 0. The molecule has 2 N–H and O–H groups in total. The molecule has 1 aromatic carbocycles. The second-order valence-electron chi connectivity index (χ2n) is 6.82. The van der Waals surface area contributed by atoms with Crippen LogP contribution in [-0.4, -0.2) is 38.2 Å². The molecule has 1 aliphatic heterocycles. The molecule has 0 spiro atoms. The molecule has 29 heavy (non-hydrogen) atoms. The molecule has 2 aromatic heterocycles. The van der Waals surface area contributed by atoms with Crippen LogP contribution in [0.1, 0.15) is 35.7 Å². The number of rotatable bonds is 4. The highest BCUT2D eigenvalue weighted by Crippen LogP contribution is 2.61. The summed E-state index contributed by atoms with van der Waals surface area (Å²) in [4.78, 5) is 24.9. The van der Waals surface area contributed by atoms with E-state index < -0.39 is 22.7 Å². The van der Waals surface area contributed by atoms with Crippen molar-refractivity contribution in [2.45, 2.75) is 29.9 Å². The van der Waals surface area contributed by atoms with E-state index in [4.69, 9.17) is 4.74 Å². The summed E-state index contributed by atoms with van der Waals surface area (Å²) >= 11 is 1.52. The Morgan fingerprint density at radius 2 is 2.03 bits per heavy atom. The largest absolute Gasteiger partial charge is 0.466 e. The van der Waals surface area contributed by atoms with Crippen molar-refractivity contribution >= 4 is 53.6 Å². The molecule has 4 unspecified atom stereocenters. The lowest BCUT2D eigenvalue weighted by Gasteiger charge is -2.29. The van der Waals surface area contributed by atoms with Gasteiger partial charge in [0, 0.05) is 17.6 Å². The molecule has 1 saturated heterocycles. The average molecular weight is 456 g/mol. The van der Waals surface area contributed by atoms with Crippen molar-refractivity contribution < 1.29 is 14.6 Å². The second kappa shape index (κ2) is 9.34. The number of fused-ring (bicyclic) bond motifs is 1. The van der Waals surface area contributed by atoms with Gasteiger partial charge in [0.15, 0.2) is 0 Å². The van der Waals surface area contributed by atoms with Gasteiger partial charge in [-0.15, -0.1) is 36.6 Å². The third-order valence-corrected chi connectivity index (χ3v) is 6.77. The van der Waals surface area contributed by atoms with Crippen molar-refractivity contribution in [1.29, 1.82) is 0 Å². The molecule has 0 amide bonds. The number of imidazole rings is 1. The number of aromatic nitrogens is 3. The topological polar surface area (TPSA) is 88.1 Å². The van der Waals surface area contributed by atoms with E-state index in [2.05, 4.69) is 15.0 Å². The molecule has 9 heteroatoms. The molecule has 3 heterocycles. The van der Waals surface area contributed by atoms with E-state index in [1.54, 1.807) is 26.2 Å². The predicted octanol–water partition coefficient (Wildman–Crippen LogP) is 4.26. The Bertz CT molecular complexity index is 935. The van der Waals surface area contributed by atoms with Gasteiger partial charge in [-0.25, -0.2) is 4.98 Å². The fourth-order valence-electron chi connectivity index (χ4n) is 3.68. The number of benzene rings is 1. The Morgan fingerprint density at radius 3 is 2.69 bits per heavy atom. The van der Waals surface area contributed by atoms with Crippen LogP contribution in [0.25, 0.3) is 11.0 Å². The third kappa shape index (κ3) is 4.23. The highest BCUT2D eigenvalue weighted by atomic mass is 35.5. The number of nitrogens with zero attached hydrogens (tertiary/aromatic N) is 2. The predicted molar refractivity (Wildman–Crippen MR) is 119 cm³/mol. The fraction of sp³-hybridized carbons (Fsp3) is 0.350. The number of ether oxygens (including phenoxy) is 1. The Kier molecular flexibility index (Phi) is 7.56. The number of aromatic amines is 1. The fourth-order valence-corrected chi connectivity index (χ4v) is 5.48. The van der Waals surface area contributed by atoms with Gasteiger partial charge in [-0.2, -0.15) is 0 Å². The zero-order valence-electron chi connectivity index (χ0n) is 15.9. The first kappa shape index (κ1) is 23.5. The quantitative estimate of drug-likeness (QED) is 0.571. The van der Waals surface area contributed by atoms with Crippen molar-refractivity contribution in [2.24, 2.45) is 5.92 Å². The number of hydrogen-bond acceptors (Lipinski definition) is 6. The minimum Gasteiger partial charge on any atom is -0.466 e. The number of hydrogen-bond donors (Lipinski definition) is 2. The first-order valence-corrected chi connectivity index (χ1v) is 9.85. The van der Waals surface area contributed by atoms with Crippen LogP contribution in [0.15, 0.2) is 48.8 Å². The van der Waals surface area contributed by atoms with Crippen LogP contribution in [0.5, 0.6) is 0 Å².